The third kappa shape index (κ3) is 21.0. The van der Waals surface area contributed by atoms with Gasteiger partial charge in [-0.25, -0.2) is 0 Å². The van der Waals surface area contributed by atoms with E-state index < -0.39 is 10.1 Å². The topological polar surface area (TPSA) is 54.4 Å². The molecule has 19 heavy (non-hydrogen) atoms. The van der Waals surface area contributed by atoms with Crippen molar-refractivity contribution in [1.82, 2.24) is 0 Å². The molecule has 0 aliphatic rings. The molecule has 0 atom stereocenters. The zero-order valence-electron chi connectivity index (χ0n) is 13.9. The first-order valence-corrected chi connectivity index (χ1v) is 9.12. The fourth-order valence-electron chi connectivity index (χ4n) is 2.13. The molecular formula is C14H31LiO3S. The molecule has 0 fully saturated rings. The van der Waals surface area contributed by atoms with E-state index in [0.29, 0.717) is 6.42 Å². The van der Waals surface area contributed by atoms with Crippen LogP contribution in [-0.4, -0.2) is 18.7 Å². The number of hydrogen-bond donors (Lipinski definition) is 1. The summed E-state index contributed by atoms with van der Waals surface area (Å²) >= 11 is 0. The van der Waals surface area contributed by atoms with E-state index in [1.807, 2.05) is 0 Å². The Kier molecular flexibility index (Phi) is 17.1. The third-order valence-electron chi connectivity index (χ3n) is 3.26. The first-order chi connectivity index (χ1) is 8.56. The SMILES string of the molecule is CCCCCCCCCCCCCCS(=O)(=O)O.[H-].[Li+]. The van der Waals surface area contributed by atoms with Gasteiger partial charge < -0.3 is 1.43 Å². The van der Waals surface area contributed by atoms with E-state index in [0.717, 1.165) is 12.8 Å². The molecule has 112 valence electrons. The fourth-order valence-corrected chi connectivity index (χ4v) is 2.69. The van der Waals surface area contributed by atoms with Crippen molar-refractivity contribution in [3.05, 3.63) is 0 Å². The summed E-state index contributed by atoms with van der Waals surface area (Å²) in [5, 5.41) is 0. The molecule has 3 nitrogen and oxygen atoms in total. The monoisotopic (exact) mass is 286 g/mol. The molecule has 0 heterocycles. The Morgan fingerprint density at radius 3 is 1.37 bits per heavy atom. The molecule has 0 aromatic heterocycles. The van der Waals surface area contributed by atoms with Crippen LogP contribution in [0, 0.1) is 0 Å². The smallest absolute Gasteiger partial charge is 1.00 e. The van der Waals surface area contributed by atoms with Crippen LogP contribution in [0.4, 0.5) is 0 Å². The van der Waals surface area contributed by atoms with Gasteiger partial charge in [-0.1, -0.05) is 77.6 Å². The molecule has 0 aromatic carbocycles. The van der Waals surface area contributed by atoms with Crippen LogP contribution in [0.3, 0.4) is 0 Å². The van der Waals surface area contributed by atoms with Gasteiger partial charge in [-0.2, -0.15) is 8.42 Å². The summed E-state index contributed by atoms with van der Waals surface area (Å²) in [4.78, 5) is 0. The molecule has 0 amide bonds. The van der Waals surface area contributed by atoms with Crippen LogP contribution in [-0.2, 0) is 10.1 Å². The first-order valence-electron chi connectivity index (χ1n) is 7.51. The average Bonchev–Trinajstić information content (AvgIpc) is 2.29. The van der Waals surface area contributed by atoms with E-state index in [2.05, 4.69) is 6.92 Å². The fraction of sp³-hybridized carbons (Fsp3) is 1.00. The molecule has 0 saturated heterocycles. The zero-order valence-corrected chi connectivity index (χ0v) is 13.7. The van der Waals surface area contributed by atoms with Crippen LogP contribution >= 0.6 is 0 Å². The van der Waals surface area contributed by atoms with E-state index in [1.54, 1.807) is 0 Å². The maximum Gasteiger partial charge on any atom is 1.00 e. The second kappa shape index (κ2) is 14.9. The summed E-state index contributed by atoms with van der Waals surface area (Å²) in [5.74, 6) is -0.0789. The summed E-state index contributed by atoms with van der Waals surface area (Å²) < 4.78 is 29.5. The van der Waals surface area contributed by atoms with Crippen LogP contribution in [0.5, 0.6) is 0 Å². The molecule has 0 saturated carbocycles. The summed E-state index contributed by atoms with van der Waals surface area (Å²) in [6.45, 7) is 2.24. The molecule has 1 N–H and O–H groups in total. The first kappa shape index (κ1) is 21.8. The molecule has 0 rings (SSSR count). The molecular weight excluding hydrogens is 255 g/mol. The van der Waals surface area contributed by atoms with Crippen LogP contribution in [0.2, 0.25) is 0 Å². The molecule has 0 spiro atoms. The van der Waals surface area contributed by atoms with Gasteiger partial charge in [-0.15, -0.1) is 0 Å². The Hall–Kier alpha value is 0.507. The predicted octanol–water partition coefficient (Wildman–Crippen LogP) is 1.69. The summed E-state index contributed by atoms with van der Waals surface area (Å²) in [7, 11) is -3.74. The minimum absolute atomic E-state index is 0. The van der Waals surface area contributed by atoms with Crippen molar-refractivity contribution in [3.63, 3.8) is 0 Å². The minimum Gasteiger partial charge on any atom is -1.00 e. The molecule has 0 unspecified atom stereocenters. The Labute approximate surface area is 133 Å². The van der Waals surface area contributed by atoms with E-state index in [1.165, 1.54) is 57.8 Å². The molecule has 0 aromatic rings. The summed E-state index contributed by atoms with van der Waals surface area (Å²) in [6, 6.07) is 0. The zero-order chi connectivity index (χ0) is 13.7. The van der Waals surface area contributed by atoms with Gasteiger partial charge in [0.15, 0.2) is 0 Å². The third-order valence-corrected chi connectivity index (χ3v) is 4.06. The van der Waals surface area contributed by atoms with Gasteiger partial charge in [-0.05, 0) is 6.42 Å². The maximum absolute atomic E-state index is 10.5. The normalized spacial score (nSPS) is 11.3. The van der Waals surface area contributed by atoms with Crippen molar-refractivity contribution in [1.29, 1.82) is 0 Å². The second-order valence-corrected chi connectivity index (χ2v) is 6.75. The maximum atomic E-state index is 10.5. The molecule has 0 aliphatic heterocycles. The number of unbranched alkanes of at least 4 members (excludes halogenated alkanes) is 11. The largest absolute Gasteiger partial charge is 1.00 e. The number of rotatable bonds is 13. The summed E-state index contributed by atoms with van der Waals surface area (Å²) in [6.07, 6.45) is 14.5. The Balaban J connectivity index is -0.00000144. The summed E-state index contributed by atoms with van der Waals surface area (Å²) in [5.41, 5.74) is 0. The van der Waals surface area contributed by atoms with Crippen LogP contribution in [0.1, 0.15) is 85.4 Å². The quantitative estimate of drug-likeness (QED) is 0.318. The van der Waals surface area contributed by atoms with E-state index >= 15 is 0 Å². The number of hydrogen-bond acceptors (Lipinski definition) is 2. The Morgan fingerprint density at radius 1 is 0.737 bits per heavy atom. The van der Waals surface area contributed by atoms with E-state index in [9.17, 15) is 8.42 Å². The minimum atomic E-state index is -3.74. The molecule has 0 radical (unpaired) electrons. The van der Waals surface area contributed by atoms with Gasteiger partial charge in [0, 0.05) is 0 Å². The van der Waals surface area contributed by atoms with E-state index in [-0.39, 0.29) is 26.0 Å². The van der Waals surface area contributed by atoms with Gasteiger partial charge in [0.2, 0.25) is 0 Å². The van der Waals surface area contributed by atoms with E-state index in [4.69, 9.17) is 4.55 Å². The van der Waals surface area contributed by atoms with Crippen molar-refractivity contribution in [2.24, 2.45) is 0 Å². The van der Waals surface area contributed by atoms with Crippen molar-refractivity contribution < 1.29 is 33.3 Å². The van der Waals surface area contributed by atoms with Gasteiger partial charge in [0.25, 0.3) is 10.1 Å². The van der Waals surface area contributed by atoms with Crippen molar-refractivity contribution in [2.75, 3.05) is 5.75 Å². The second-order valence-electron chi connectivity index (χ2n) is 5.18. The van der Waals surface area contributed by atoms with Crippen molar-refractivity contribution in [2.45, 2.75) is 84.0 Å². The van der Waals surface area contributed by atoms with Crippen molar-refractivity contribution >= 4 is 10.1 Å². The van der Waals surface area contributed by atoms with Gasteiger partial charge in [0.05, 0.1) is 5.75 Å². The molecule has 0 aliphatic carbocycles. The van der Waals surface area contributed by atoms with Gasteiger partial charge in [-0.3, -0.25) is 4.55 Å². The Morgan fingerprint density at radius 2 is 1.05 bits per heavy atom. The molecule has 5 heteroatoms. The Bertz CT molecular complexity index is 272. The predicted molar refractivity (Wildman–Crippen MR) is 78.6 cm³/mol. The van der Waals surface area contributed by atoms with Crippen molar-refractivity contribution in [3.8, 4) is 0 Å². The van der Waals surface area contributed by atoms with Gasteiger partial charge in [0.1, 0.15) is 0 Å². The van der Waals surface area contributed by atoms with Crippen LogP contribution in [0.25, 0.3) is 0 Å². The average molecular weight is 286 g/mol. The van der Waals surface area contributed by atoms with Crippen LogP contribution in [0.15, 0.2) is 0 Å². The standard InChI is InChI=1S/C14H30O3S.Li.H/c1-2-3-4-5-6-7-8-9-10-11-12-13-14-18(15,16)17;;/h2-14H2,1H3,(H,15,16,17);;/q;+1;-1. The van der Waals surface area contributed by atoms with Crippen LogP contribution < -0.4 is 18.9 Å². The molecule has 0 bridgehead atoms. The van der Waals surface area contributed by atoms with Gasteiger partial charge >= 0.3 is 18.9 Å².